The van der Waals surface area contributed by atoms with Gasteiger partial charge < -0.3 is 9.72 Å². The minimum absolute atomic E-state index is 0.275. The van der Waals surface area contributed by atoms with E-state index in [1.165, 1.54) is 26.4 Å². The molecule has 0 atom stereocenters. The first-order valence-electron chi connectivity index (χ1n) is 6.22. The number of rotatable bonds is 4. The highest BCUT2D eigenvalue weighted by Gasteiger charge is 2.22. The Morgan fingerprint density at radius 1 is 1.33 bits per heavy atom. The van der Waals surface area contributed by atoms with Gasteiger partial charge >= 0.3 is 0 Å². The molecular weight excluding hydrogens is 272 g/mol. The molecule has 0 aliphatic rings. The molecule has 0 radical (unpaired) electrons. The Labute approximate surface area is 119 Å². The second-order valence-electron chi connectivity index (χ2n) is 4.48. The maximum atomic E-state index is 12.0. The van der Waals surface area contributed by atoms with Crippen molar-refractivity contribution in [2.45, 2.75) is 6.92 Å². The second-order valence-corrected chi connectivity index (χ2v) is 4.48. The third kappa shape index (κ3) is 1.99. The molecule has 0 amide bonds. The normalized spacial score (nSPS) is 10.8. The van der Waals surface area contributed by atoms with Crippen molar-refractivity contribution in [3.8, 4) is 17.1 Å². The fourth-order valence-electron chi connectivity index (χ4n) is 2.23. The maximum absolute atomic E-state index is 12.0. The quantitative estimate of drug-likeness (QED) is 0.561. The molecule has 0 aliphatic heterocycles. The predicted octanol–water partition coefficient (Wildman–Crippen LogP) is 1.73. The molecule has 3 aromatic heterocycles. The molecule has 3 rings (SSSR count). The van der Waals surface area contributed by atoms with Crippen LogP contribution >= 0.6 is 0 Å². The number of H-pyrrole nitrogens is 2. The van der Waals surface area contributed by atoms with Crippen LogP contribution in [-0.2, 0) is 4.79 Å². The van der Waals surface area contributed by atoms with Gasteiger partial charge in [0.05, 0.1) is 35.5 Å². The van der Waals surface area contributed by atoms with Crippen molar-refractivity contribution < 1.29 is 14.3 Å². The minimum atomic E-state index is -0.568. The fourth-order valence-corrected chi connectivity index (χ4v) is 2.23. The first-order valence-corrected chi connectivity index (χ1v) is 6.22. The lowest BCUT2D eigenvalue weighted by Crippen LogP contribution is -2.09. The highest BCUT2D eigenvalue weighted by Crippen LogP contribution is 2.33. The molecule has 7 nitrogen and oxygen atoms in total. The van der Waals surface area contributed by atoms with Gasteiger partial charge in [-0.2, -0.15) is 5.10 Å². The Hall–Kier alpha value is -2.96. The summed E-state index contributed by atoms with van der Waals surface area (Å²) in [5.41, 5.74) is 2.19. The van der Waals surface area contributed by atoms with Crippen LogP contribution in [-0.4, -0.2) is 38.8 Å². The van der Waals surface area contributed by atoms with Crippen LogP contribution in [0, 0.1) is 0 Å². The Kier molecular flexibility index (Phi) is 3.02. The van der Waals surface area contributed by atoms with E-state index in [4.69, 9.17) is 4.74 Å². The number of pyridine rings is 1. The van der Waals surface area contributed by atoms with Crippen LogP contribution in [0.15, 0.2) is 24.7 Å². The molecule has 0 saturated carbocycles. The smallest absolute Gasteiger partial charge is 0.230 e. The Morgan fingerprint density at radius 2 is 2.14 bits per heavy atom. The summed E-state index contributed by atoms with van der Waals surface area (Å²) in [6.45, 7) is 1.24. The number of hydrogen-bond acceptors (Lipinski definition) is 5. The van der Waals surface area contributed by atoms with Gasteiger partial charge in [0.1, 0.15) is 11.4 Å². The van der Waals surface area contributed by atoms with E-state index in [1.54, 1.807) is 12.3 Å². The van der Waals surface area contributed by atoms with Gasteiger partial charge in [0.15, 0.2) is 5.78 Å². The Balaban J connectivity index is 2.32. The summed E-state index contributed by atoms with van der Waals surface area (Å²) in [6.07, 6.45) is 4.62. The number of hydrogen-bond donors (Lipinski definition) is 2. The van der Waals surface area contributed by atoms with Crippen LogP contribution < -0.4 is 4.74 Å². The number of Topliss-reactive ketones (excluding diaryl/α,β-unsaturated/α-hetero) is 2. The summed E-state index contributed by atoms with van der Waals surface area (Å²) in [6, 6.07) is 1.77. The number of carbonyl (C=O) groups excluding carboxylic acids is 2. The SMILES string of the molecule is COc1cnc(-c2ccn[nH]2)c2[nH]cc(C(=O)C(C)=O)c12. The van der Waals surface area contributed by atoms with Gasteiger partial charge in [-0.3, -0.25) is 14.7 Å². The number of nitrogens with one attached hydrogen (secondary N) is 2. The molecule has 0 bridgehead atoms. The zero-order valence-corrected chi connectivity index (χ0v) is 11.4. The summed E-state index contributed by atoms with van der Waals surface area (Å²) in [4.78, 5) is 30.7. The summed E-state index contributed by atoms with van der Waals surface area (Å²) < 4.78 is 5.26. The highest BCUT2D eigenvalue weighted by atomic mass is 16.5. The van der Waals surface area contributed by atoms with Crippen molar-refractivity contribution in [2.75, 3.05) is 7.11 Å². The van der Waals surface area contributed by atoms with Crippen molar-refractivity contribution in [2.24, 2.45) is 0 Å². The van der Waals surface area contributed by atoms with Gasteiger partial charge in [-0.1, -0.05) is 0 Å². The van der Waals surface area contributed by atoms with Gasteiger partial charge in [-0.15, -0.1) is 0 Å². The van der Waals surface area contributed by atoms with Crippen molar-refractivity contribution in [3.05, 3.63) is 30.2 Å². The maximum Gasteiger partial charge on any atom is 0.230 e. The number of nitrogens with zero attached hydrogens (tertiary/aromatic N) is 2. The van der Waals surface area contributed by atoms with Gasteiger partial charge in [0.25, 0.3) is 0 Å². The summed E-state index contributed by atoms with van der Waals surface area (Å²) >= 11 is 0. The van der Waals surface area contributed by atoms with Gasteiger partial charge in [-0.05, 0) is 6.07 Å². The number of methoxy groups -OCH3 is 1. The molecule has 0 spiro atoms. The molecule has 3 aromatic rings. The van der Waals surface area contributed by atoms with E-state index in [-0.39, 0.29) is 5.56 Å². The molecule has 21 heavy (non-hydrogen) atoms. The lowest BCUT2D eigenvalue weighted by Gasteiger charge is -2.06. The van der Waals surface area contributed by atoms with Crippen molar-refractivity contribution in [3.63, 3.8) is 0 Å². The first-order chi connectivity index (χ1) is 10.1. The molecule has 0 aromatic carbocycles. The third-order valence-electron chi connectivity index (χ3n) is 3.21. The molecular formula is C14H12N4O3. The van der Waals surface area contributed by atoms with E-state index in [0.717, 1.165) is 0 Å². The van der Waals surface area contributed by atoms with Gasteiger partial charge in [0, 0.05) is 19.3 Å². The van der Waals surface area contributed by atoms with Crippen molar-refractivity contribution in [1.29, 1.82) is 0 Å². The average Bonchev–Trinajstić information content (AvgIpc) is 3.14. The molecule has 0 unspecified atom stereocenters. The molecule has 0 saturated heterocycles. The lowest BCUT2D eigenvalue weighted by molar-refractivity contribution is -0.113. The van der Waals surface area contributed by atoms with Crippen LogP contribution in [0.4, 0.5) is 0 Å². The Bertz CT molecular complexity index is 833. The van der Waals surface area contributed by atoms with E-state index < -0.39 is 11.6 Å². The molecule has 0 fully saturated rings. The van der Waals surface area contributed by atoms with Crippen LogP contribution in [0.1, 0.15) is 17.3 Å². The van der Waals surface area contributed by atoms with Crippen LogP contribution in [0.5, 0.6) is 5.75 Å². The van der Waals surface area contributed by atoms with Crippen molar-refractivity contribution in [1.82, 2.24) is 20.2 Å². The number of ether oxygens (including phenoxy) is 1. The van der Waals surface area contributed by atoms with Crippen molar-refractivity contribution >= 4 is 22.5 Å². The van der Waals surface area contributed by atoms with E-state index in [2.05, 4.69) is 20.2 Å². The molecule has 106 valence electrons. The van der Waals surface area contributed by atoms with Crippen LogP contribution in [0.3, 0.4) is 0 Å². The number of carbonyl (C=O) groups is 2. The Morgan fingerprint density at radius 3 is 2.76 bits per heavy atom. The molecule has 2 N–H and O–H groups in total. The fraction of sp³-hybridized carbons (Fsp3) is 0.143. The first kappa shape index (κ1) is 13.0. The topological polar surface area (TPSA) is 101 Å². The zero-order valence-electron chi connectivity index (χ0n) is 11.4. The number of ketones is 2. The van der Waals surface area contributed by atoms with E-state index in [0.29, 0.717) is 28.0 Å². The molecule has 0 aliphatic carbocycles. The van der Waals surface area contributed by atoms with E-state index in [1.807, 2.05) is 0 Å². The predicted molar refractivity (Wildman–Crippen MR) is 75.2 cm³/mol. The highest BCUT2D eigenvalue weighted by molar-refractivity contribution is 6.45. The number of aromatic amines is 2. The number of fused-ring (bicyclic) bond motifs is 1. The van der Waals surface area contributed by atoms with Gasteiger partial charge in [0.2, 0.25) is 5.78 Å². The monoisotopic (exact) mass is 284 g/mol. The van der Waals surface area contributed by atoms with E-state index >= 15 is 0 Å². The summed E-state index contributed by atoms with van der Waals surface area (Å²) in [5.74, 6) is -0.668. The average molecular weight is 284 g/mol. The van der Waals surface area contributed by atoms with E-state index in [9.17, 15) is 9.59 Å². The standard InChI is InChI=1S/C14H12N4O3/c1-7(19)14(20)8-5-15-13-11(8)10(21-2)6-16-12(13)9-3-4-17-18-9/h3-6,15H,1-2H3,(H,17,18). The molecule has 7 heteroatoms. The summed E-state index contributed by atoms with van der Waals surface area (Å²) in [7, 11) is 1.49. The van der Waals surface area contributed by atoms with Crippen LogP contribution in [0.25, 0.3) is 22.3 Å². The zero-order chi connectivity index (χ0) is 15.0. The lowest BCUT2D eigenvalue weighted by atomic mass is 10.1. The number of aromatic nitrogens is 4. The summed E-state index contributed by atoms with van der Waals surface area (Å²) in [5, 5.41) is 7.25. The van der Waals surface area contributed by atoms with Gasteiger partial charge in [-0.25, -0.2) is 4.98 Å². The third-order valence-corrected chi connectivity index (χ3v) is 3.21. The minimum Gasteiger partial charge on any atom is -0.494 e. The second kappa shape index (κ2) is 4.86. The van der Waals surface area contributed by atoms with Crippen LogP contribution in [0.2, 0.25) is 0 Å². The molecule has 3 heterocycles. The largest absolute Gasteiger partial charge is 0.494 e.